The molecule has 0 atom stereocenters. The van der Waals surface area contributed by atoms with Gasteiger partial charge >= 0.3 is 0 Å². The van der Waals surface area contributed by atoms with Crippen LogP contribution in [0.2, 0.25) is 0 Å². The fourth-order valence-corrected chi connectivity index (χ4v) is 2.85. The molecule has 0 N–H and O–H groups in total. The molecule has 3 heteroatoms. The molecule has 22 heavy (non-hydrogen) atoms. The molecule has 114 valence electrons. The van der Waals surface area contributed by atoms with E-state index in [4.69, 9.17) is 0 Å². The summed E-state index contributed by atoms with van der Waals surface area (Å²) in [5, 5.41) is 1.00. The van der Waals surface area contributed by atoms with Crippen LogP contribution in [-0.4, -0.2) is 4.57 Å². The van der Waals surface area contributed by atoms with Gasteiger partial charge in [-0.3, -0.25) is 0 Å². The summed E-state index contributed by atoms with van der Waals surface area (Å²) in [5.74, 6) is -0.171. The van der Waals surface area contributed by atoms with Crippen molar-refractivity contribution in [2.45, 2.75) is 33.6 Å². The Hall–Kier alpha value is -2.16. The Kier molecular flexibility index (Phi) is 3.51. The molecule has 3 aromatic rings. The maximum atomic E-state index is 14.0. The Morgan fingerprint density at radius 1 is 0.864 bits per heavy atom. The number of aromatic nitrogens is 1. The van der Waals surface area contributed by atoms with E-state index in [1.807, 2.05) is 10.6 Å². The van der Waals surface area contributed by atoms with E-state index in [0.29, 0.717) is 11.1 Å². The fraction of sp³-hybridized carbons (Fsp3) is 0.263. The van der Waals surface area contributed by atoms with Crippen LogP contribution in [0.1, 0.15) is 36.6 Å². The van der Waals surface area contributed by atoms with Crippen LogP contribution in [0.15, 0.2) is 36.4 Å². The molecule has 0 spiro atoms. The highest BCUT2D eigenvalue weighted by Crippen LogP contribution is 2.31. The zero-order chi connectivity index (χ0) is 16.0. The lowest BCUT2D eigenvalue weighted by Crippen LogP contribution is -2.02. The molecule has 0 amide bonds. The quantitative estimate of drug-likeness (QED) is 0.576. The van der Waals surface area contributed by atoms with Gasteiger partial charge < -0.3 is 4.57 Å². The second-order valence-electron chi connectivity index (χ2n) is 6.15. The molecule has 0 aliphatic rings. The lowest BCUT2D eigenvalue weighted by atomic mass is 10.1. The average molecular weight is 299 g/mol. The minimum absolute atomic E-state index is 0.221. The summed E-state index contributed by atoms with van der Waals surface area (Å²) in [5.41, 5.74) is 3.99. The first-order valence-corrected chi connectivity index (χ1v) is 7.46. The van der Waals surface area contributed by atoms with Gasteiger partial charge in [-0.2, -0.15) is 0 Å². The number of halogens is 2. The highest BCUT2D eigenvalue weighted by atomic mass is 19.1. The Morgan fingerprint density at radius 3 is 2.18 bits per heavy atom. The van der Waals surface area contributed by atoms with Crippen LogP contribution in [0, 0.1) is 25.5 Å². The van der Waals surface area contributed by atoms with Crippen molar-refractivity contribution in [1.82, 2.24) is 4.57 Å². The van der Waals surface area contributed by atoms with Crippen molar-refractivity contribution in [2.75, 3.05) is 0 Å². The summed E-state index contributed by atoms with van der Waals surface area (Å²) in [6, 6.07) is 10.5. The van der Waals surface area contributed by atoms with Gasteiger partial charge in [0.15, 0.2) is 0 Å². The number of aryl methyl sites for hydroxylation is 2. The molecule has 1 nitrogen and oxygen atoms in total. The largest absolute Gasteiger partial charge is 0.313 e. The lowest BCUT2D eigenvalue weighted by Gasteiger charge is -2.14. The Morgan fingerprint density at radius 2 is 1.55 bits per heavy atom. The van der Waals surface area contributed by atoms with Crippen LogP contribution in [0.3, 0.4) is 0 Å². The standard InChI is InChI=1S/C19H19F2N/c1-11(2)18-9-14-7-12(3)17(21)10-19(14)22(18)15-5-6-16(20)13(4)8-15/h5-11H,1-4H3. The van der Waals surface area contributed by atoms with Gasteiger partial charge in [0.1, 0.15) is 11.6 Å². The first kappa shape index (κ1) is 14.8. The van der Waals surface area contributed by atoms with Crippen molar-refractivity contribution in [1.29, 1.82) is 0 Å². The van der Waals surface area contributed by atoms with Gasteiger partial charge in [0.05, 0.1) is 5.52 Å². The SMILES string of the molecule is Cc1cc(-n2c(C(C)C)cc3cc(C)c(F)cc32)ccc1F. The van der Waals surface area contributed by atoms with Crippen LogP contribution >= 0.6 is 0 Å². The Bertz CT molecular complexity index is 859. The zero-order valence-electron chi connectivity index (χ0n) is 13.2. The lowest BCUT2D eigenvalue weighted by molar-refractivity contribution is 0.617. The average Bonchev–Trinajstić information content (AvgIpc) is 2.81. The zero-order valence-corrected chi connectivity index (χ0v) is 13.2. The third-order valence-electron chi connectivity index (χ3n) is 4.10. The molecule has 2 aromatic carbocycles. The van der Waals surface area contributed by atoms with Crippen molar-refractivity contribution in [3.05, 3.63) is 64.9 Å². The summed E-state index contributed by atoms with van der Waals surface area (Å²) in [7, 11) is 0. The van der Waals surface area contributed by atoms with E-state index in [1.54, 1.807) is 32.0 Å². The van der Waals surface area contributed by atoms with E-state index in [9.17, 15) is 8.78 Å². The van der Waals surface area contributed by atoms with Crippen molar-refractivity contribution in [2.24, 2.45) is 0 Å². The van der Waals surface area contributed by atoms with Gasteiger partial charge in [-0.15, -0.1) is 0 Å². The molecule has 0 radical (unpaired) electrons. The van der Waals surface area contributed by atoms with Crippen LogP contribution in [-0.2, 0) is 0 Å². The molecule has 3 rings (SSSR count). The monoisotopic (exact) mass is 299 g/mol. The van der Waals surface area contributed by atoms with E-state index in [0.717, 1.165) is 22.3 Å². The topological polar surface area (TPSA) is 4.93 Å². The van der Waals surface area contributed by atoms with Gasteiger partial charge in [0, 0.05) is 16.8 Å². The van der Waals surface area contributed by atoms with Gasteiger partial charge in [-0.1, -0.05) is 13.8 Å². The van der Waals surface area contributed by atoms with Crippen LogP contribution in [0.5, 0.6) is 0 Å². The van der Waals surface area contributed by atoms with Crippen molar-refractivity contribution < 1.29 is 8.78 Å². The summed E-state index contributed by atoms with van der Waals surface area (Å²) in [4.78, 5) is 0. The molecule has 0 saturated heterocycles. The predicted molar refractivity (Wildman–Crippen MR) is 86.8 cm³/mol. The second kappa shape index (κ2) is 5.24. The first-order chi connectivity index (χ1) is 10.4. The molecular weight excluding hydrogens is 280 g/mol. The summed E-state index contributed by atoms with van der Waals surface area (Å²) >= 11 is 0. The molecule has 1 aromatic heterocycles. The third-order valence-corrected chi connectivity index (χ3v) is 4.10. The van der Waals surface area contributed by atoms with E-state index < -0.39 is 0 Å². The van der Waals surface area contributed by atoms with E-state index >= 15 is 0 Å². The number of hydrogen-bond acceptors (Lipinski definition) is 0. The molecule has 0 saturated carbocycles. The smallest absolute Gasteiger partial charge is 0.128 e. The maximum Gasteiger partial charge on any atom is 0.128 e. The van der Waals surface area contributed by atoms with Gasteiger partial charge in [0.2, 0.25) is 0 Å². The molecule has 1 heterocycles. The van der Waals surface area contributed by atoms with Gasteiger partial charge in [0.25, 0.3) is 0 Å². The van der Waals surface area contributed by atoms with E-state index in [1.165, 1.54) is 6.07 Å². The number of nitrogens with zero attached hydrogens (tertiary/aromatic N) is 1. The molecule has 0 aliphatic carbocycles. The highest BCUT2D eigenvalue weighted by Gasteiger charge is 2.15. The maximum absolute atomic E-state index is 14.0. The summed E-state index contributed by atoms with van der Waals surface area (Å²) in [6.45, 7) is 7.71. The second-order valence-corrected chi connectivity index (χ2v) is 6.15. The highest BCUT2D eigenvalue weighted by molar-refractivity contribution is 5.84. The van der Waals surface area contributed by atoms with Crippen LogP contribution in [0.4, 0.5) is 8.78 Å². The molecular formula is C19H19F2N. The third kappa shape index (κ3) is 2.31. The van der Waals surface area contributed by atoms with E-state index in [-0.39, 0.29) is 17.6 Å². The summed E-state index contributed by atoms with van der Waals surface area (Å²) < 4.78 is 29.6. The van der Waals surface area contributed by atoms with Crippen LogP contribution in [0.25, 0.3) is 16.6 Å². The molecule has 0 bridgehead atoms. The van der Waals surface area contributed by atoms with E-state index in [2.05, 4.69) is 19.9 Å². The fourth-order valence-electron chi connectivity index (χ4n) is 2.85. The van der Waals surface area contributed by atoms with Crippen molar-refractivity contribution in [3.8, 4) is 5.69 Å². The van der Waals surface area contributed by atoms with Crippen molar-refractivity contribution in [3.63, 3.8) is 0 Å². The number of benzene rings is 2. The summed E-state index contributed by atoms with van der Waals surface area (Å²) in [6.07, 6.45) is 0. The first-order valence-electron chi connectivity index (χ1n) is 7.46. The molecule has 0 unspecified atom stereocenters. The van der Waals surface area contributed by atoms with Gasteiger partial charge in [-0.05, 0) is 67.3 Å². The number of hydrogen-bond donors (Lipinski definition) is 0. The van der Waals surface area contributed by atoms with Crippen LogP contribution < -0.4 is 0 Å². The number of rotatable bonds is 2. The minimum Gasteiger partial charge on any atom is -0.313 e. The molecule has 0 fully saturated rings. The van der Waals surface area contributed by atoms with Gasteiger partial charge in [-0.25, -0.2) is 8.78 Å². The Balaban J connectivity index is 2.36. The normalized spacial score (nSPS) is 11.6. The van der Waals surface area contributed by atoms with Crippen molar-refractivity contribution >= 4 is 10.9 Å². The minimum atomic E-state index is -0.228. The Labute approximate surface area is 129 Å². The number of fused-ring (bicyclic) bond motifs is 1. The predicted octanol–water partition coefficient (Wildman–Crippen LogP) is 5.65. The molecule has 0 aliphatic heterocycles.